The summed E-state index contributed by atoms with van der Waals surface area (Å²) < 4.78 is 32.6. The first-order chi connectivity index (χ1) is 17.4. The van der Waals surface area contributed by atoms with Crippen molar-refractivity contribution in [3.05, 3.63) is 71.5 Å². The number of rotatable bonds is 9. The third-order valence-electron chi connectivity index (χ3n) is 5.37. The Labute approximate surface area is 208 Å². The van der Waals surface area contributed by atoms with Crippen molar-refractivity contribution >= 4 is 23.5 Å². The number of nitrogens with one attached hydrogen (secondary N) is 1. The Kier molecular flexibility index (Phi) is 7.29. The molecule has 1 heterocycles. The molecule has 0 bridgehead atoms. The molecule has 0 fully saturated rings. The number of fused-ring (bicyclic) bond motifs is 1. The molecule has 1 amide bonds. The summed E-state index contributed by atoms with van der Waals surface area (Å²) in [6, 6.07) is 15.2. The Morgan fingerprint density at radius 2 is 1.53 bits per heavy atom. The van der Waals surface area contributed by atoms with E-state index in [1.807, 2.05) is 0 Å². The average molecular weight is 491 g/mol. The van der Waals surface area contributed by atoms with E-state index in [0.717, 1.165) is 0 Å². The van der Waals surface area contributed by atoms with Gasteiger partial charge >= 0.3 is 0 Å². The third-order valence-corrected chi connectivity index (χ3v) is 5.37. The molecule has 0 saturated carbocycles. The van der Waals surface area contributed by atoms with E-state index in [-0.39, 0.29) is 24.1 Å². The molecule has 3 aromatic rings. The molecule has 1 N–H and O–H groups in total. The van der Waals surface area contributed by atoms with Crippen LogP contribution in [0.4, 0.5) is 5.69 Å². The molecule has 9 nitrogen and oxygen atoms in total. The SMILES string of the molecule is COc1ccc(NC(=O)COc2ccc3c(c2)OC(=Cc2cc(OC)c(OC)c(OC)c2)C3=O)cc1. The Bertz CT molecular complexity index is 1290. The topological polar surface area (TPSA) is 102 Å². The molecule has 1 aliphatic heterocycles. The lowest BCUT2D eigenvalue weighted by molar-refractivity contribution is -0.118. The van der Waals surface area contributed by atoms with Gasteiger partial charge in [0.05, 0.1) is 34.0 Å². The van der Waals surface area contributed by atoms with Crippen molar-refractivity contribution in [3.63, 3.8) is 0 Å². The van der Waals surface area contributed by atoms with E-state index >= 15 is 0 Å². The number of ketones is 1. The Morgan fingerprint density at radius 1 is 0.861 bits per heavy atom. The number of hydrogen-bond donors (Lipinski definition) is 1. The van der Waals surface area contributed by atoms with Crippen molar-refractivity contribution in [1.82, 2.24) is 0 Å². The fourth-order valence-electron chi connectivity index (χ4n) is 3.61. The van der Waals surface area contributed by atoms with Gasteiger partial charge in [-0.1, -0.05) is 0 Å². The smallest absolute Gasteiger partial charge is 0.262 e. The van der Waals surface area contributed by atoms with Gasteiger partial charge in [0, 0.05) is 11.8 Å². The van der Waals surface area contributed by atoms with Gasteiger partial charge in [-0.3, -0.25) is 9.59 Å². The van der Waals surface area contributed by atoms with Crippen molar-refractivity contribution in [1.29, 1.82) is 0 Å². The summed E-state index contributed by atoms with van der Waals surface area (Å²) in [5.41, 5.74) is 1.64. The maximum Gasteiger partial charge on any atom is 0.262 e. The second kappa shape index (κ2) is 10.7. The molecule has 0 unspecified atom stereocenters. The lowest BCUT2D eigenvalue weighted by Crippen LogP contribution is -2.20. The minimum atomic E-state index is -0.333. The summed E-state index contributed by atoms with van der Waals surface area (Å²) in [7, 11) is 6.11. The number of carbonyl (C=O) groups excluding carboxylic acids is 2. The first-order valence-electron chi connectivity index (χ1n) is 10.9. The first-order valence-corrected chi connectivity index (χ1v) is 10.9. The van der Waals surface area contributed by atoms with Crippen LogP contribution in [0.25, 0.3) is 6.08 Å². The van der Waals surface area contributed by atoms with Gasteiger partial charge in [-0.2, -0.15) is 0 Å². The van der Waals surface area contributed by atoms with E-state index < -0.39 is 0 Å². The molecule has 1 aliphatic rings. The summed E-state index contributed by atoms with van der Waals surface area (Å²) in [6.07, 6.45) is 1.59. The number of carbonyl (C=O) groups is 2. The van der Waals surface area contributed by atoms with E-state index in [1.54, 1.807) is 67.8 Å². The van der Waals surface area contributed by atoms with Crippen LogP contribution in [-0.2, 0) is 4.79 Å². The van der Waals surface area contributed by atoms with Crippen LogP contribution in [-0.4, -0.2) is 46.7 Å². The average Bonchev–Trinajstić information content (AvgIpc) is 3.21. The van der Waals surface area contributed by atoms with E-state index in [2.05, 4.69) is 5.32 Å². The van der Waals surface area contributed by atoms with E-state index in [0.29, 0.717) is 51.3 Å². The Balaban J connectivity index is 1.44. The molecule has 4 rings (SSSR count). The second-order valence-electron chi connectivity index (χ2n) is 7.62. The van der Waals surface area contributed by atoms with Gasteiger partial charge in [-0.05, 0) is 60.2 Å². The summed E-state index contributed by atoms with van der Waals surface area (Å²) >= 11 is 0. The number of ether oxygens (including phenoxy) is 6. The van der Waals surface area contributed by atoms with E-state index in [9.17, 15) is 9.59 Å². The molecule has 3 aromatic carbocycles. The summed E-state index contributed by atoms with van der Waals surface area (Å²) in [6.45, 7) is -0.215. The van der Waals surface area contributed by atoms with Gasteiger partial charge in [0.25, 0.3) is 5.91 Å². The number of hydrogen-bond acceptors (Lipinski definition) is 8. The molecular formula is C27H25NO8. The highest BCUT2D eigenvalue weighted by Gasteiger charge is 2.28. The number of amides is 1. The zero-order chi connectivity index (χ0) is 25.7. The maximum atomic E-state index is 12.9. The molecule has 36 heavy (non-hydrogen) atoms. The van der Waals surface area contributed by atoms with Crippen molar-refractivity contribution in [2.45, 2.75) is 0 Å². The fourth-order valence-corrected chi connectivity index (χ4v) is 3.61. The summed E-state index contributed by atoms with van der Waals surface area (Å²) in [4.78, 5) is 25.1. The summed E-state index contributed by atoms with van der Waals surface area (Å²) in [5.74, 6) is 2.30. The molecule has 0 spiro atoms. The highest BCUT2D eigenvalue weighted by molar-refractivity contribution is 6.14. The van der Waals surface area contributed by atoms with Crippen LogP contribution in [0.3, 0.4) is 0 Å². The van der Waals surface area contributed by atoms with Crippen LogP contribution in [0.1, 0.15) is 15.9 Å². The predicted molar refractivity (Wildman–Crippen MR) is 133 cm³/mol. The lowest BCUT2D eigenvalue weighted by Gasteiger charge is -2.13. The number of Topliss-reactive ketones (excluding diaryl/α,β-unsaturated/α-hetero) is 1. The van der Waals surface area contributed by atoms with Gasteiger partial charge in [-0.15, -0.1) is 0 Å². The number of methoxy groups -OCH3 is 4. The van der Waals surface area contributed by atoms with Gasteiger partial charge in [0.2, 0.25) is 11.5 Å². The maximum absolute atomic E-state index is 12.9. The third kappa shape index (κ3) is 5.20. The second-order valence-corrected chi connectivity index (χ2v) is 7.62. The molecular weight excluding hydrogens is 466 g/mol. The van der Waals surface area contributed by atoms with Gasteiger partial charge in [0.15, 0.2) is 23.9 Å². The highest BCUT2D eigenvalue weighted by Crippen LogP contribution is 2.40. The van der Waals surface area contributed by atoms with E-state index in [4.69, 9.17) is 28.4 Å². The van der Waals surface area contributed by atoms with Crippen molar-refractivity contribution in [3.8, 4) is 34.5 Å². The zero-order valence-corrected chi connectivity index (χ0v) is 20.2. The number of anilines is 1. The normalized spacial score (nSPS) is 13.0. The molecule has 0 saturated heterocycles. The molecule has 0 radical (unpaired) electrons. The van der Waals surface area contributed by atoms with Gasteiger partial charge in [-0.25, -0.2) is 0 Å². The van der Waals surface area contributed by atoms with Crippen LogP contribution >= 0.6 is 0 Å². The van der Waals surface area contributed by atoms with Crippen LogP contribution in [0, 0.1) is 0 Å². The number of benzene rings is 3. The molecule has 0 aliphatic carbocycles. The van der Waals surface area contributed by atoms with Crippen LogP contribution < -0.4 is 33.7 Å². The molecule has 186 valence electrons. The standard InChI is InChI=1S/C27H25NO8/c1-31-18-7-5-17(6-8-18)28-25(29)15-35-19-9-10-20-21(14-19)36-22(26(20)30)11-16-12-23(32-2)27(34-4)24(13-16)33-3/h5-14H,15H2,1-4H3,(H,28,29). The minimum Gasteiger partial charge on any atom is -0.497 e. The van der Waals surface area contributed by atoms with Crippen LogP contribution in [0.5, 0.6) is 34.5 Å². The Hall–Kier alpha value is -4.66. The fraction of sp³-hybridized carbons (Fsp3) is 0.185. The number of allylic oxidation sites excluding steroid dienone is 1. The molecule has 0 aromatic heterocycles. The first kappa shape index (κ1) is 24.5. The van der Waals surface area contributed by atoms with Crippen molar-refractivity contribution in [2.75, 3.05) is 40.4 Å². The van der Waals surface area contributed by atoms with Crippen molar-refractivity contribution in [2.24, 2.45) is 0 Å². The zero-order valence-electron chi connectivity index (χ0n) is 20.2. The Morgan fingerprint density at radius 3 is 2.14 bits per heavy atom. The highest BCUT2D eigenvalue weighted by atomic mass is 16.5. The summed E-state index contributed by atoms with van der Waals surface area (Å²) in [5, 5.41) is 2.74. The van der Waals surface area contributed by atoms with Gasteiger partial charge < -0.3 is 33.7 Å². The van der Waals surface area contributed by atoms with E-state index in [1.165, 1.54) is 21.3 Å². The largest absolute Gasteiger partial charge is 0.497 e. The quantitative estimate of drug-likeness (QED) is 0.441. The minimum absolute atomic E-state index is 0.133. The monoisotopic (exact) mass is 491 g/mol. The lowest BCUT2D eigenvalue weighted by atomic mass is 10.1. The predicted octanol–water partition coefficient (Wildman–Crippen LogP) is 4.35. The van der Waals surface area contributed by atoms with Crippen molar-refractivity contribution < 1.29 is 38.0 Å². The van der Waals surface area contributed by atoms with Crippen LogP contribution in [0.2, 0.25) is 0 Å². The molecule has 9 heteroatoms. The van der Waals surface area contributed by atoms with Crippen LogP contribution in [0.15, 0.2) is 60.4 Å². The molecule has 0 atom stereocenters. The van der Waals surface area contributed by atoms with Gasteiger partial charge in [0.1, 0.15) is 17.2 Å².